The van der Waals surface area contributed by atoms with E-state index in [-0.39, 0.29) is 35.6 Å². The summed E-state index contributed by atoms with van der Waals surface area (Å²) in [4.78, 5) is 65.8. The summed E-state index contributed by atoms with van der Waals surface area (Å²) in [5, 5.41) is 8.48. The molecule has 2 saturated heterocycles. The number of fused-ring (bicyclic) bond motifs is 1. The van der Waals surface area contributed by atoms with Gasteiger partial charge < -0.3 is 10.2 Å². The summed E-state index contributed by atoms with van der Waals surface area (Å²) in [6, 6.07) is 6.86. The third-order valence-electron chi connectivity index (χ3n) is 8.33. The molecule has 15 heteroatoms. The van der Waals surface area contributed by atoms with Gasteiger partial charge in [0.25, 0.3) is 17.7 Å². The monoisotopic (exact) mass is 666 g/mol. The van der Waals surface area contributed by atoms with Crippen LogP contribution in [0.4, 0.5) is 24.5 Å². The van der Waals surface area contributed by atoms with E-state index in [0.29, 0.717) is 18.7 Å². The molecule has 0 aliphatic carbocycles. The zero-order valence-electron chi connectivity index (χ0n) is 24.9. The first kappa shape index (κ1) is 31.8. The normalized spacial score (nSPS) is 18.4. The Hall–Kier alpha value is -5.16. The van der Waals surface area contributed by atoms with Crippen LogP contribution in [0, 0.1) is 17.8 Å². The summed E-state index contributed by atoms with van der Waals surface area (Å²) < 4.78 is 40.4. The van der Waals surface area contributed by atoms with Crippen LogP contribution >= 0.6 is 11.6 Å². The van der Waals surface area contributed by atoms with Crippen LogP contribution in [0.1, 0.15) is 58.5 Å². The third-order valence-corrected chi connectivity index (χ3v) is 8.65. The molecule has 1 unspecified atom stereocenters. The van der Waals surface area contributed by atoms with Gasteiger partial charge in [-0.15, -0.1) is 0 Å². The Kier molecular flexibility index (Phi) is 7.83. The third kappa shape index (κ3) is 5.94. The average Bonchev–Trinajstić information content (AvgIpc) is 3.55. The Labute approximate surface area is 271 Å². The van der Waals surface area contributed by atoms with Gasteiger partial charge >= 0.3 is 6.18 Å². The van der Waals surface area contributed by atoms with Crippen LogP contribution in [0.25, 0.3) is 0 Å². The van der Waals surface area contributed by atoms with Gasteiger partial charge in [0.05, 0.1) is 39.4 Å². The number of aromatic nitrogens is 2. The number of anilines is 2. The van der Waals surface area contributed by atoms with Crippen molar-refractivity contribution >= 4 is 52.5 Å². The number of nitrogens with zero attached hydrogens (tertiary/aromatic N) is 4. The number of imide groups is 2. The van der Waals surface area contributed by atoms with Gasteiger partial charge in [-0.3, -0.25) is 38.9 Å². The van der Waals surface area contributed by atoms with E-state index < -0.39 is 57.9 Å². The zero-order valence-corrected chi connectivity index (χ0v) is 25.7. The molecule has 0 spiro atoms. The lowest BCUT2D eigenvalue weighted by Gasteiger charge is -2.38. The molecule has 3 aromatic rings. The maximum absolute atomic E-state index is 13.1. The van der Waals surface area contributed by atoms with E-state index in [1.54, 1.807) is 38.2 Å². The first-order valence-corrected chi connectivity index (χ1v) is 14.9. The molecule has 0 saturated carbocycles. The number of carbonyl (C=O) groups is 5. The van der Waals surface area contributed by atoms with E-state index in [1.165, 1.54) is 10.9 Å². The molecule has 0 bridgehead atoms. The van der Waals surface area contributed by atoms with Crippen molar-refractivity contribution in [2.24, 2.45) is 5.92 Å². The fraction of sp³-hybridized carbons (Fsp3) is 0.312. The van der Waals surface area contributed by atoms with E-state index >= 15 is 0 Å². The molecule has 3 aliphatic heterocycles. The lowest BCUT2D eigenvalue weighted by Crippen LogP contribution is -2.54. The van der Waals surface area contributed by atoms with Crippen molar-refractivity contribution in [1.29, 1.82) is 0 Å². The van der Waals surface area contributed by atoms with Gasteiger partial charge in [-0.2, -0.15) is 18.3 Å². The fourth-order valence-corrected chi connectivity index (χ4v) is 5.81. The van der Waals surface area contributed by atoms with E-state index in [4.69, 9.17) is 11.6 Å². The summed E-state index contributed by atoms with van der Waals surface area (Å²) >= 11 is 5.77. The van der Waals surface area contributed by atoms with Crippen molar-refractivity contribution in [3.05, 3.63) is 76.1 Å². The second-order valence-electron chi connectivity index (χ2n) is 11.9. The molecule has 47 heavy (non-hydrogen) atoms. The number of amides is 5. The van der Waals surface area contributed by atoms with Gasteiger partial charge in [-0.25, -0.2) is 0 Å². The molecule has 0 radical (unpaired) electrons. The van der Waals surface area contributed by atoms with Gasteiger partial charge in [0.1, 0.15) is 11.6 Å². The summed E-state index contributed by atoms with van der Waals surface area (Å²) in [6.07, 6.45) is -1.39. The summed E-state index contributed by atoms with van der Waals surface area (Å²) in [5.74, 6) is 3.43. The first-order valence-electron chi connectivity index (χ1n) is 14.5. The minimum Gasteiger partial charge on any atom is -0.369 e. The van der Waals surface area contributed by atoms with Crippen LogP contribution in [0.3, 0.4) is 0 Å². The molecule has 2 aromatic carbocycles. The second kappa shape index (κ2) is 11.6. The van der Waals surface area contributed by atoms with Crippen LogP contribution in [0.15, 0.2) is 48.8 Å². The van der Waals surface area contributed by atoms with E-state index in [2.05, 4.69) is 27.6 Å². The van der Waals surface area contributed by atoms with Crippen LogP contribution in [0.5, 0.6) is 0 Å². The van der Waals surface area contributed by atoms with Gasteiger partial charge in [0, 0.05) is 37.1 Å². The van der Waals surface area contributed by atoms with Crippen molar-refractivity contribution in [1.82, 2.24) is 20.0 Å². The number of piperidine rings is 1. The Morgan fingerprint density at radius 2 is 1.77 bits per heavy atom. The van der Waals surface area contributed by atoms with E-state index in [1.807, 2.05) is 4.90 Å². The number of nitrogens with one attached hydrogen (secondary N) is 2. The zero-order chi connectivity index (χ0) is 33.8. The molecule has 6 rings (SSSR count). The largest absolute Gasteiger partial charge is 0.417 e. The van der Waals surface area contributed by atoms with Crippen LogP contribution in [-0.4, -0.2) is 63.3 Å². The topological polar surface area (TPSA) is 134 Å². The molecular weight excluding hydrogens is 641 g/mol. The van der Waals surface area contributed by atoms with Crippen LogP contribution in [0.2, 0.25) is 5.02 Å². The van der Waals surface area contributed by atoms with Gasteiger partial charge in [-0.1, -0.05) is 23.4 Å². The molecule has 11 nitrogen and oxygen atoms in total. The van der Waals surface area contributed by atoms with E-state index in [9.17, 15) is 37.1 Å². The molecule has 1 atom stereocenters. The fourth-order valence-electron chi connectivity index (χ4n) is 5.53. The number of benzene rings is 2. The highest BCUT2D eigenvalue weighted by atomic mass is 35.5. The van der Waals surface area contributed by atoms with Crippen molar-refractivity contribution in [3.63, 3.8) is 0 Å². The molecule has 4 heterocycles. The number of carbonyl (C=O) groups excluding carboxylic acids is 5. The van der Waals surface area contributed by atoms with Gasteiger partial charge in [0.15, 0.2) is 0 Å². The Morgan fingerprint density at radius 1 is 1.04 bits per heavy atom. The lowest BCUT2D eigenvalue weighted by atomic mass is 9.98. The second-order valence-corrected chi connectivity index (χ2v) is 12.3. The van der Waals surface area contributed by atoms with Crippen molar-refractivity contribution in [2.45, 2.75) is 44.4 Å². The maximum Gasteiger partial charge on any atom is 0.417 e. The van der Waals surface area contributed by atoms with Crippen LogP contribution < -0.4 is 15.5 Å². The van der Waals surface area contributed by atoms with Crippen molar-refractivity contribution < 1.29 is 37.1 Å². The lowest BCUT2D eigenvalue weighted by molar-refractivity contribution is -0.138. The average molecular weight is 667 g/mol. The number of alkyl halides is 3. The van der Waals surface area contributed by atoms with Crippen molar-refractivity contribution in [3.8, 4) is 11.8 Å². The number of hydrogen-bond acceptors (Lipinski definition) is 7. The molecule has 242 valence electrons. The summed E-state index contributed by atoms with van der Waals surface area (Å²) in [6.45, 7) is 4.31. The smallest absolute Gasteiger partial charge is 0.369 e. The number of hydrogen-bond donors (Lipinski definition) is 2. The number of rotatable bonds is 5. The van der Waals surface area contributed by atoms with Crippen LogP contribution in [-0.2, 0) is 26.1 Å². The molecule has 5 amide bonds. The standard InChI is InChI=1S/C32H26ClF3N6O5/c1-31(2,30(47)38-19-5-8-23(24(33)11-19)32(34,35)36)41-16-17(13-37-41)3-4-18-14-40(15-18)20-6-7-21-22(12-20)29(46)42(28(21)45)25-9-10-26(43)39-27(25)44/h5-8,11-13,16,18,25H,9-10,14-15H2,1-2H3,(H,38,47)(H,39,43,44). The van der Waals surface area contributed by atoms with E-state index in [0.717, 1.165) is 28.8 Å². The Bertz CT molecular complexity index is 1920. The molecule has 3 aliphatic rings. The molecular formula is C32H26ClF3N6O5. The highest BCUT2D eigenvalue weighted by Gasteiger charge is 2.45. The van der Waals surface area contributed by atoms with Gasteiger partial charge in [-0.05, 0) is 56.7 Å². The molecule has 2 fully saturated rings. The summed E-state index contributed by atoms with van der Waals surface area (Å²) in [7, 11) is 0. The predicted octanol–water partition coefficient (Wildman–Crippen LogP) is 3.82. The van der Waals surface area contributed by atoms with Crippen molar-refractivity contribution in [2.75, 3.05) is 23.3 Å². The number of halogens is 4. The highest BCUT2D eigenvalue weighted by Crippen LogP contribution is 2.36. The summed E-state index contributed by atoms with van der Waals surface area (Å²) in [5.41, 5.74) is -0.431. The Morgan fingerprint density at radius 3 is 2.45 bits per heavy atom. The van der Waals surface area contributed by atoms with Gasteiger partial charge in [0.2, 0.25) is 11.8 Å². The predicted molar refractivity (Wildman–Crippen MR) is 162 cm³/mol. The maximum atomic E-state index is 13.1. The quantitative estimate of drug-likeness (QED) is 0.313. The SMILES string of the molecule is CC(C)(C(=O)Nc1ccc(C(F)(F)F)c(Cl)c1)n1cc(C#CC2CN(c3ccc4c(c3)C(=O)N(C3CCC(=O)NC3=O)C4=O)C2)cn1. The molecule has 2 N–H and O–H groups in total. The Balaban J connectivity index is 1.06. The highest BCUT2D eigenvalue weighted by molar-refractivity contribution is 6.31. The minimum atomic E-state index is -4.61. The minimum absolute atomic E-state index is 0.00960. The first-order chi connectivity index (χ1) is 22.1. The molecule has 1 aromatic heterocycles.